The molecule has 3 rings (SSSR count). The van der Waals surface area contributed by atoms with Gasteiger partial charge in [0.15, 0.2) is 0 Å². The summed E-state index contributed by atoms with van der Waals surface area (Å²) in [6.45, 7) is 1.65. The van der Waals surface area contributed by atoms with Gasteiger partial charge >= 0.3 is 0 Å². The first-order valence-electron chi connectivity index (χ1n) is 6.17. The Kier molecular flexibility index (Phi) is 3.26. The van der Waals surface area contributed by atoms with Crippen LogP contribution in [-0.2, 0) is 6.54 Å². The Morgan fingerprint density at radius 3 is 2.72 bits per heavy atom. The molecule has 1 aliphatic heterocycles. The molecule has 1 aliphatic rings. The molecule has 0 aromatic heterocycles. The van der Waals surface area contributed by atoms with Gasteiger partial charge < -0.3 is 10.6 Å². The van der Waals surface area contributed by atoms with Crippen LogP contribution in [-0.4, -0.2) is 12.3 Å². The lowest BCUT2D eigenvalue weighted by Gasteiger charge is -2.31. The van der Waals surface area contributed by atoms with Crippen molar-refractivity contribution in [1.29, 1.82) is 0 Å². The zero-order valence-electron chi connectivity index (χ0n) is 10.2. The van der Waals surface area contributed by atoms with E-state index in [9.17, 15) is 0 Å². The van der Waals surface area contributed by atoms with Crippen molar-refractivity contribution in [1.82, 2.24) is 0 Å². The van der Waals surface area contributed by atoms with Gasteiger partial charge in [0.1, 0.15) is 0 Å². The number of benzene rings is 2. The Balaban J connectivity index is 2.05. The number of nitrogens with zero attached hydrogens (tertiary/aromatic N) is 1. The minimum absolute atomic E-state index is 0.598. The molecular weight excluding hydrogens is 240 g/mol. The average molecular weight is 256 g/mol. The zero-order valence-corrected chi connectivity index (χ0v) is 11.0. The average Bonchev–Trinajstić information content (AvgIpc) is 2.47. The lowest BCUT2D eigenvalue weighted by molar-refractivity contribution is 0.981. The van der Waals surface area contributed by atoms with Crippen molar-refractivity contribution in [2.24, 2.45) is 5.73 Å². The number of hydrogen-bond donors (Lipinski definition) is 1. The van der Waals surface area contributed by atoms with Gasteiger partial charge in [-0.15, -0.1) is 11.8 Å². The molecule has 18 heavy (non-hydrogen) atoms. The fourth-order valence-corrected chi connectivity index (χ4v) is 3.24. The number of thioether (sulfide) groups is 1. The molecule has 0 amide bonds. The Bertz CT molecular complexity index is 539. The monoisotopic (exact) mass is 256 g/mol. The molecule has 0 atom stereocenters. The number of hydrogen-bond acceptors (Lipinski definition) is 3. The molecule has 92 valence electrons. The molecule has 0 fully saturated rings. The number of nitrogens with two attached hydrogens (primary N) is 1. The van der Waals surface area contributed by atoms with Gasteiger partial charge in [0, 0.05) is 29.4 Å². The van der Waals surface area contributed by atoms with Crippen molar-refractivity contribution in [2.75, 3.05) is 17.2 Å². The lowest BCUT2D eigenvalue weighted by atomic mass is 10.1. The Morgan fingerprint density at radius 2 is 1.94 bits per heavy atom. The van der Waals surface area contributed by atoms with Crippen LogP contribution in [0.1, 0.15) is 5.56 Å². The van der Waals surface area contributed by atoms with Crippen LogP contribution in [0.25, 0.3) is 0 Å². The van der Waals surface area contributed by atoms with E-state index in [0.29, 0.717) is 6.54 Å². The van der Waals surface area contributed by atoms with Crippen LogP contribution in [0.4, 0.5) is 11.4 Å². The van der Waals surface area contributed by atoms with Crippen LogP contribution < -0.4 is 10.6 Å². The third-order valence-corrected chi connectivity index (χ3v) is 4.23. The maximum Gasteiger partial charge on any atom is 0.0552 e. The van der Waals surface area contributed by atoms with Crippen molar-refractivity contribution < 1.29 is 0 Å². The van der Waals surface area contributed by atoms with Gasteiger partial charge in [0.2, 0.25) is 0 Å². The first-order chi connectivity index (χ1) is 8.88. The van der Waals surface area contributed by atoms with E-state index in [1.54, 1.807) is 0 Å². The van der Waals surface area contributed by atoms with Crippen LogP contribution in [0.2, 0.25) is 0 Å². The molecule has 0 unspecified atom stereocenters. The van der Waals surface area contributed by atoms with E-state index in [1.807, 2.05) is 11.8 Å². The molecule has 3 heteroatoms. The minimum Gasteiger partial charge on any atom is -0.340 e. The summed E-state index contributed by atoms with van der Waals surface area (Å²) >= 11 is 1.92. The standard InChI is InChI=1S/C15H16N2S/c16-11-12-6-7-15-14(10-12)17(8-9-18-15)13-4-2-1-3-5-13/h1-7,10H,8-9,11,16H2. The van der Waals surface area contributed by atoms with Crippen LogP contribution in [0.15, 0.2) is 53.4 Å². The van der Waals surface area contributed by atoms with Crippen LogP contribution in [0, 0.1) is 0 Å². The summed E-state index contributed by atoms with van der Waals surface area (Å²) in [4.78, 5) is 3.73. The predicted octanol–water partition coefficient (Wildman–Crippen LogP) is 3.39. The summed E-state index contributed by atoms with van der Waals surface area (Å²) < 4.78 is 0. The topological polar surface area (TPSA) is 29.3 Å². The second-order valence-corrected chi connectivity index (χ2v) is 5.48. The minimum atomic E-state index is 0.598. The SMILES string of the molecule is NCc1ccc2c(c1)N(c1ccccc1)CCS2. The third kappa shape index (κ3) is 2.11. The number of fused-ring (bicyclic) bond motifs is 1. The van der Waals surface area contributed by atoms with Gasteiger partial charge in [-0.3, -0.25) is 0 Å². The first-order valence-corrected chi connectivity index (χ1v) is 7.15. The molecule has 0 radical (unpaired) electrons. The van der Waals surface area contributed by atoms with E-state index in [0.717, 1.165) is 12.3 Å². The molecule has 2 aromatic carbocycles. The zero-order chi connectivity index (χ0) is 12.4. The van der Waals surface area contributed by atoms with Crippen molar-refractivity contribution >= 4 is 23.1 Å². The molecule has 0 aliphatic carbocycles. The molecule has 2 nitrogen and oxygen atoms in total. The summed E-state index contributed by atoms with van der Waals surface area (Å²) in [7, 11) is 0. The summed E-state index contributed by atoms with van der Waals surface area (Å²) in [6.07, 6.45) is 0. The predicted molar refractivity (Wildman–Crippen MR) is 78.5 cm³/mol. The Hall–Kier alpha value is -1.45. The second-order valence-electron chi connectivity index (χ2n) is 4.34. The van der Waals surface area contributed by atoms with Gasteiger partial charge in [0.25, 0.3) is 0 Å². The number of rotatable bonds is 2. The molecule has 0 spiro atoms. The third-order valence-electron chi connectivity index (χ3n) is 3.19. The van der Waals surface area contributed by atoms with Gasteiger partial charge in [-0.05, 0) is 29.8 Å². The van der Waals surface area contributed by atoms with E-state index in [-0.39, 0.29) is 0 Å². The highest BCUT2D eigenvalue weighted by Gasteiger charge is 2.18. The highest BCUT2D eigenvalue weighted by Crippen LogP contribution is 2.39. The summed E-state index contributed by atoms with van der Waals surface area (Å²) in [5.41, 5.74) is 9.48. The largest absolute Gasteiger partial charge is 0.340 e. The Labute approximate surface area is 112 Å². The fourth-order valence-electron chi connectivity index (χ4n) is 2.27. The van der Waals surface area contributed by atoms with Crippen LogP contribution >= 0.6 is 11.8 Å². The normalized spacial score (nSPS) is 14.4. The van der Waals surface area contributed by atoms with Crippen molar-refractivity contribution in [3.63, 3.8) is 0 Å². The van der Waals surface area contributed by atoms with E-state index in [1.165, 1.54) is 21.8 Å². The van der Waals surface area contributed by atoms with Gasteiger partial charge in [-0.2, -0.15) is 0 Å². The van der Waals surface area contributed by atoms with E-state index in [4.69, 9.17) is 5.73 Å². The van der Waals surface area contributed by atoms with Crippen molar-refractivity contribution in [3.05, 3.63) is 54.1 Å². The fraction of sp³-hybridized carbons (Fsp3) is 0.200. The van der Waals surface area contributed by atoms with Gasteiger partial charge in [0.05, 0.1) is 5.69 Å². The van der Waals surface area contributed by atoms with E-state index in [2.05, 4.69) is 53.4 Å². The Morgan fingerprint density at radius 1 is 1.11 bits per heavy atom. The van der Waals surface area contributed by atoms with Gasteiger partial charge in [-0.1, -0.05) is 24.3 Å². The van der Waals surface area contributed by atoms with Crippen molar-refractivity contribution in [3.8, 4) is 0 Å². The summed E-state index contributed by atoms with van der Waals surface area (Å²) in [5.74, 6) is 1.13. The highest BCUT2D eigenvalue weighted by molar-refractivity contribution is 7.99. The second kappa shape index (κ2) is 5.04. The van der Waals surface area contributed by atoms with E-state index < -0.39 is 0 Å². The van der Waals surface area contributed by atoms with Crippen LogP contribution in [0.3, 0.4) is 0 Å². The first kappa shape index (κ1) is 11.6. The lowest BCUT2D eigenvalue weighted by Crippen LogP contribution is -2.24. The highest BCUT2D eigenvalue weighted by atomic mass is 32.2. The molecule has 2 N–H and O–H groups in total. The summed E-state index contributed by atoms with van der Waals surface area (Å²) in [6, 6.07) is 17.1. The maximum absolute atomic E-state index is 5.74. The van der Waals surface area contributed by atoms with Crippen LogP contribution in [0.5, 0.6) is 0 Å². The van der Waals surface area contributed by atoms with Gasteiger partial charge in [-0.25, -0.2) is 0 Å². The number of para-hydroxylation sites is 1. The molecule has 0 bridgehead atoms. The molecule has 0 saturated heterocycles. The van der Waals surface area contributed by atoms with Crippen molar-refractivity contribution in [2.45, 2.75) is 11.4 Å². The molecular formula is C15H16N2S. The number of anilines is 2. The maximum atomic E-state index is 5.74. The summed E-state index contributed by atoms with van der Waals surface area (Å²) in [5, 5.41) is 0. The molecule has 2 aromatic rings. The quantitative estimate of drug-likeness (QED) is 0.893. The van der Waals surface area contributed by atoms with E-state index >= 15 is 0 Å². The smallest absolute Gasteiger partial charge is 0.0552 e. The molecule has 1 heterocycles. The molecule has 0 saturated carbocycles.